The van der Waals surface area contributed by atoms with E-state index in [-0.39, 0.29) is 0 Å². The van der Waals surface area contributed by atoms with Crippen molar-refractivity contribution in [1.29, 1.82) is 0 Å². The summed E-state index contributed by atoms with van der Waals surface area (Å²) in [6, 6.07) is 13.4. The van der Waals surface area contributed by atoms with Gasteiger partial charge >= 0.3 is 0 Å². The zero-order chi connectivity index (χ0) is 18.7. The Kier molecular flexibility index (Phi) is 5.55. The minimum Gasteiger partial charge on any atom is -0.241 e. The molecular formula is C20H22N2O2S2. The molecule has 0 unspecified atom stereocenters. The van der Waals surface area contributed by atoms with Gasteiger partial charge in [0.1, 0.15) is 5.01 Å². The molecule has 3 rings (SSSR count). The highest BCUT2D eigenvalue weighted by Crippen LogP contribution is 2.24. The fourth-order valence-corrected chi connectivity index (χ4v) is 4.51. The highest BCUT2D eigenvalue weighted by Gasteiger charge is 2.14. The summed E-state index contributed by atoms with van der Waals surface area (Å²) in [5, 5.41) is 2.94. The molecule has 6 heteroatoms. The van der Waals surface area contributed by atoms with Crippen LogP contribution in [-0.4, -0.2) is 19.9 Å². The van der Waals surface area contributed by atoms with Gasteiger partial charge in [0.25, 0.3) is 0 Å². The molecule has 136 valence electrons. The maximum absolute atomic E-state index is 12.4. The zero-order valence-electron chi connectivity index (χ0n) is 15.1. The van der Waals surface area contributed by atoms with E-state index in [9.17, 15) is 8.42 Å². The predicted molar refractivity (Wildman–Crippen MR) is 107 cm³/mol. The van der Waals surface area contributed by atoms with E-state index in [0.717, 1.165) is 27.4 Å². The number of aryl methyl sites for hydroxylation is 3. The Morgan fingerprint density at radius 1 is 1.00 bits per heavy atom. The smallest absolute Gasteiger partial charge is 0.240 e. The molecule has 1 N–H and O–H groups in total. The van der Waals surface area contributed by atoms with E-state index in [0.29, 0.717) is 17.9 Å². The third-order valence-corrected chi connectivity index (χ3v) is 6.71. The Hall–Kier alpha value is -2.02. The van der Waals surface area contributed by atoms with E-state index >= 15 is 0 Å². The van der Waals surface area contributed by atoms with Crippen molar-refractivity contribution >= 4 is 21.4 Å². The van der Waals surface area contributed by atoms with Gasteiger partial charge in [0.15, 0.2) is 0 Å². The Bertz CT molecular complexity index is 1010. The molecule has 0 bridgehead atoms. The second-order valence-corrected chi connectivity index (χ2v) is 9.03. The van der Waals surface area contributed by atoms with Gasteiger partial charge in [-0.2, -0.15) is 0 Å². The first-order valence-electron chi connectivity index (χ1n) is 8.43. The molecule has 1 heterocycles. The molecule has 0 aliphatic carbocycles. The van der Waals surface area contributed by atoms with E-state index in [1.54, 1.807) is 23.5 Å². The summed E-state index contributed by atoms with van der Waals surface area (Å²) in [6.07, 6.45) is 0.562. The maximum atomic E-state index is 12.4. The standard InChI is InChI=1S/C20H22N2O2S2/c1-14-4-7-17(8-5-14)20-22-18(13-25-20)10-11-21-26(23,24)19-9-6-15(2)16(3)12-19/h4-9,12-13,21H,10-11H2,1-3H3. The molecule has 3 aromatic rings. The van der Waals surface area contributed by atoms with Crippen molar-refractivity contribution in [3.8, 4) is 10.6 Å². The number of aromatic nitrogens is 1. The third-order valence-electron chi connectivity index (χ3n) is 4.31. The number of hydrogen-bond donors (Lipinski definition) is 1. The van der Waals surface area contributed by atoms with Gasteiger partial charge in [-0.25, -0.2) is 18.1 Å². The second-order valence-electron chi connectivity index (χ2n) is 6.40. The van der Waals surface area contributed by atoms with Gasteiger partial charge in [0, 0.05) is 23.9 Å². The summed E-state index contributed by atoms with van der Waals surface area (Å²) in [5.74, 6) is 0. The Balaban J connectivity index is 1.62. The van der Waals surface area contributed by atoms with Gasteiger partial charge in [-0.05, 0) is 44.0 Å². The molecule has 2 aromatic carbocycles. The molecule has 0 atom stereocenters. The molecule has 4 nitrogen and oxygen atoms in total. The minimum atomic E-state index is -3.49. The molecule has 0 saturated heterocycles. The molecule has 26 heavy (non-hydrogen) atoms. The minimum absolute atomic E-state index is 0.305. The van der Waals surface area contributed by atoms with Gasteiger partial charge < -0.3 is 0 Å². The molecule has 1 aromatic heterocycles. The monoisotopic (exact) mass is 386 g/mol. The Morgan fingerprint density at radius 2 is 1.73 bits per heavy atom. The van der Waals surface area contributed by atoms with Crippen molar-refractivity contribution in [2.75, 3.05) is 6.54 Å². The number of thiazole rings is 1. The van der Waals surface area contributed by atoms with Crippen molar-refractivity contribution in [2.24, 2.45) is 0 Å². The second kappa shape index (κ2) is 7.70. The number of hydrogen-bond acceptors (Lipinski definition) is 4. The van der Waals surface area contributed by atoms with E-state index in [1.165, 1.54) is 5.56 Å². The summed E-state index contributed by atoms with van der Waals surface area (Å²) in [4.78, 5) is 4.92. The lowest BCUT2D eigenvalue weighted by molar-refractivity contribution is 0.581. The normalized spacial score (nSPS) is 11.7. The van der Waals surface area contributed by atoms with E-state index in [2.05, 4.69) is 40.9 Å². The van der Waals surface area contributed by atoms with Gasteiger partial charge in [0.2, 0.25) is 10.0 Å². The largest absolute Gasteiger partial charge is 0.241 e. The van der Waals surface area contributed by atoms with E-state index < -0.39 is 10.0 Å². The lowest BCUT2D eigenvalue weighted by Gasteiger charge is -2.08. The van der Waals surface area contributed by atoms with Crippen molar-refractivity contribution in [3.05, 3.63) is 70.2 Å². The van der Waals surface area contributed by atoms with Gasteiger partial charge in [0.05, 0.1) is 10.6 Å². The van der Waals surface area contributed by atoms with Crippen molar-refractivity contribution in [3.63, 3.8) is 0 Å². The summed E-state index contributed by atoms with van der Waals surface area (Å²) < 4.78 is 27.5. The average Bonchev–Trinajstić information content (AvgIpc) is 3.06. The van der Waals surface area contributed by atoms with Crippen LogP contribution in [-0.2, 0) is 16.4 Å². The SMILES string of the molecule is Cc1ccc(-c2nc(CCNS(=O)(=O)c3ccc(C)c(C)c3)cs2)cc1. The van der Waals surface area contributed by atoms with Gasteiger partial charge in [-0.15, -0.1) is 11.3 Å². The summed E-state index contributed by atoms with van der Waals surface area (Å²) in [7, 11) is -3.49. The van der Waals surface area contributed by atoms with Crippen LogP contribution in [0.4, 0.5) is 0 Å². The topological polar surface area (TPSA) is 59.1 Å². The lowest BCUT2D eigenvalue weighted by atomic mass is 10.1. The van der Waals surface area contributed by atoms with Crippen LogP contribution in [0.5, 0.6) is 0 Å². The highest BCUT2D eigenvalue weighted by atomic mass is 32.2. The fourth-order valence-electron chi connectivity index (χ4n) is 2.53. The lowest BCUT2D eigenvalue weighted by Crippen LogP contribution is -2.26. The van der Waals surface area contributed by atoms with Crippen LogP contribution in [0.1, 0.15) is 22.4 Å². The van der Waals surface area contributed by atoms with Crippen LogP contribution in [0.15, 0.2) is 52.7 Å². The molecule has 0 aliphatic rings. The molecule has 0 amide bonds. The average molecular weight is 387 g/mol. The van der Waals surface area contributed by atoms with Crippen LogP contribution < -0.4 is 4.72 Å². The molecular weight excluding hydrogens is 364 g/mol. The first-order chi connectivity index (χ1) is 12.3. The quantitative estimate of drug-likeness (QED) is 0.689. The van der Waals surface area contributed by atoms with E-state index in [1.807, 2.05) is 25.3 Å². The fraction of sp³-hybridized carbons (Fsp3) is 0.250. The van der Waals surface area contributed by atoms with Crippen LogP contribution in [0.3, 0.4) is 0 Å². The highest BCUT2D eigenvalue weighted by molar-refractivity contribution is 7.89. The van der Waals surface area contributed by atoms with Crippen molar-refractivity contribution in [1.82, 2.24) is 9.71 Å². The van der Waals surface area contributed by atoms with Crippen LogP contribution >= 0.6 is 11.3 Å². The summed E-state index contributed by atoms with van der Waals surface area (Å²) in [5.41, 5.74) is 5.24. The number of sulfonamides is 1. The van der Waals surface area contributed by atoms with Gasteiger partial charge in [-0.1, -0.05) is 35.9 Å². The Labute approximate surface area is 159 Å². The zero-order valence-corrected chi connectivity index (χ0v) is 16.7. The van der Waals surface area contributed by atoms with Crippen molar-refractivity contribution in [2.45, 2.75) is 32.1 Å². The third kappa shape index (κ3) is 4.38. The summed E-state index contributed by atoms with van der Waals surface area (Å²) >= 11 is 1.58. The van der Waals surface area contributed by atoms with Crippen LogP contribution in [0, 0.1) is 20.8 Å². The first-order valence-corrected chi connectivity index (χ1v) is 10.8. The first kappa shape index (κ1) is 18.8. The van der Waals surface area contributed by atoms with Crippen LogP contribution in [0.2, 0.25) is 0 Å². The number of nitrogens with zero attached hydrogens (tertiary/aromatic N) is 1. The molecule has 0 saturated carbocycles. The predicted octanol–water partition coefficient (Wildman–Crippen LogP) is 4.26. The maximum Gasteiger partial charge on any atom is 0.240 e. The summed E-state index contributed by atoms with van der Waals surface area (Å²) in [6.45, 7) is 6.26. The molecule has 0 aliphatic heterocycles. The number of nitrogens with one attached hydrogen (secondary N) is 1. The van der Waals surface area contributed by atoms with E-state index in [4.69, 9.17) is 0 Å². The Morgan fingerprint density at radius 3 is 2.42 bits per heavy atom. The van der Waals surface area contributed by atoms with Gasteiger partial charge in [-0.3, -0.25) is 0 Å². The number of rotatable bonds is 6. The van der Waals surface area contributed by atoms with Crippen LogP contribution in [0.25, 0.3) is 10.6 Å². The molecule has 0 radical (unpaired) electrons. The van der Waals surface area contributed by atoms with Crippen molar-refractivity contribution < 1.29 is 8.42 Å². The molecule has 0 spiro atoms. The molecule has 0 fully saturated rings. The number of benzene rings is 2.